The summed E-state index contributed by atoms with van der Waals surface area (Å²) in [4.78, 5) is 1.32. The molecule has 1 rings (SSSR count). The van der Waals surface area contributed by atoms with E-state index in [9.17, 15) is 0 Å². The normalized spacial score (nSPS) is 11.7. The molecule has 0 heterocycles. The lowest BCUT2D eigenvalue weighted by atomic mass is 9.87. The first-order chi connectivity index (χ1) is 6.54. The Kier molecular flexibility index (Phi) is 4.02. The van der Waals surface area contributed by atoms with Gasteiger partial charge in [-0.15, -0.1) is 11.8 Å². The molecule has 0 amide bonds. The second-order valence-corrected chi connectivity index (χ2v) is 5.58. The highest BCUT2D eigenvalue weighted by atomic mass is 32.2. The Hall–Kier alpha value is -0.470. The molecule has 0 aliphatic rings. The van der Waals surface area contributed by atoms with Gasteiger partial charge in [0.1, 0.15) is 0 Å². The molecule has 0 radical (unpaired) electrons. The summed E-state index contributed by atoms with van der Waals surface area (Å²) < 4.78 is 0. The SMILES string of the molecule is CC(C)(C)c1cccc(SCCN)c1. The van der Waals surface area contributed by atoms with Crippen LogP contribution in [0.2, 0.25) is 0 Å². The number of benzene rings is 1. The molecule has 0 spiro atoms. The van der Waals surface area contributed by atoms with Gasteiger partial charge in [0.2, 0.25) is 0 Å². The van der Waals surface area contributed by atoms with Crippen molar-refractivity contribution in [3.63, 3.8) is 0 Å². The van der Waals surface area contributed by atoms with E-state index >= 15 is 0 Å². The van der Waals surface area contributed by atoms with E-state index in [-0.39, 0.29) is 5.41 Å². The van der Waals surface area contributed by atoms with E-state index in [1.165, 1.54) is 10.5 Å². The van der Waals surface area contributed by atoms with Gasteiger partial charge in [-0.3, -0.25) is 0 Å². The fourth-order valence-electron chi connectivity index (χ4n) is 1.23. The van der Waals surface area contributed by atoms with E-state index in [2.05, 4.69) is 45.0 Å². The first-order valence-corrected chi connectivity index (χ1v) is 5.96. The topological polar surface area (TPSA) is 26.0 Å². The van der Waals surface area contributed by atoms with Crippen molar-refractivity contribution in [1.29, 1.82) is 0 Å². The molecular weight excluding hydrogens is 190 g/mol. The molecule has 0 atom stereocenters. The van der Waals surface area contributed by atoms with Crippen molar-refractivity contribution in [1.82, 2.24) is 0 Å². The fraction of sp³-hybridized carbons (Fsp3) is 0.500. The van der Waals surface area contributed by atoms with Crippen molar-refractivity contribution in [2.45, 2.75) is 31.1 Å². The number of hydrogen-bond acceptors (Lipinski definition) is 2. The smallest absolute Gasteiger partial charge is 0.0103 e. The summed E-state index contributed by atoms with van der Waals surface area (Å²) in [6, 6.07) is 8.72. The van der Waals surface area contributed by atoms with Crippen LogP contribution in [0.15, 0.2) is 29.2 Å². The predicted molar refractivity (Wildman–Crippen MR) is 64.9 cm³/mol. The predicted octanol–water partition coefficient (Wildman–Crippen LogP) is 3.03. The van der Waals surface area contributed by atoms with Gasteiger partial charge in [0.05, 0.1) is 0 Å². The number of nitrogens with two attached hydrogens (primary N) is 1. The monoisotopic (exact) mass is 209 g/mol. The van der Waals surface area contributed by atoms with Gasteiger partial charge in [0.25, 0.3) is 0 Å². The summed E-state index contributed by atoms with van der Waals surface area (Å²) in [6.45, 7) is 7.45. The molecule has 0 aromatic heterocycles. The van der Waals surface area contributed by atoms with Gasteiger partial charge in [-0.25, -0.2) is 0 Å². The Balaban J connectivity index is 2.79. The quantitative estimate of drug-likeness (QED) is 0.774. The van der Waals surface area contributed by atoms with Gasteiger partial charge in [-0.2, -0.15) is 0 Å². The standard InChI is InChI=1S/C12H19NS/c1-12(2,3)10-5-4-6-11(9-10)14-8-7-13/h4-6,9H,7-8,13H2,1-3H3. The second-order valence-electron chi connectivity index (χ2n) is 4.41. The van der Waals surface area contributed by atoms with Crippen molar-refractivity contribution >= 4 is 11.8 Å². The zero-order valence-electron chi connectivity index (χ0n) is 9.21. The molecule has 0 aliphatic heterocycles. The van der Waals surface area contributed by atoms with Crippen LogP contribution in [0.5, 0.6) is 0 Å². The zero-order chi connectivity index (χ0) is 10.6. The fourth-order valence-corrected chi connectivity index (χ4v) is 1.97. The maximum Gasteiger partial charge on any atom is 0.0103 e. The summed E-state index contributed by atoms with van der Waals surface area (Å²) in [7, 11) is 0. The lowest BCUT2D eigenvalue weighted by Crippen LogP contribution is -2.10. The highest BCUT2D eigenvalue weighted by molar-refractivity contribution is 7.99. The average Bonchev–Trinajstić information content (AvgIpc) is 2.14. The van der Waals surface area contributed by atoms with Crippen LogP contribution in [0.1, 0.15) is 26.3 Å². The molecule has 2 heteroatoms. The number of thioether (sulfide) groups is 1. The highest BCUT2D eigenvalue weighted by Crippen LogP contribution is 2.26. The molecule has 14 heavy (non-hydrogen) atoms. The van der Waals surface area contributed by atoms with Gasteiger partial charge in [-0.05, 0) is 23.1 Å². The third-order valence-electron chi connectivity index (χ3n) is 2.09. The molecule has 0 saturated carbocycles. The summed E-state index contributed by atoms with van der Waals surface area (Å²) >= 11 is 1.83. The lowest BCUT2D eigenvalue weighted by molar-refractivity contribution is 0.588. The van der Waals surface area contributed by atoms with Crippen molar-refractivity contribution in [2.75, 3.05) is 12.3 Å². The van der Waals surface area contributed by atoms with Gasteiger partial charge in [0.15, 0.2) is 0 Å². The Morgan fingerprint density at radius 2 is 2.00 bits per heavy atom. The minimum atomic E-state index is 0.235. The largest absolute Gasteiger partial charge is 0.330 e. The molecule has 0 unspecified atom stereocenters. The summed E-state index contributed by atoms with van der Waals surface area (Å²) in [5.41, 5.74) is 7.10. The van der Waals surface area contributed by atoms with Crippen LogP contribution in [-0.4, -0.2) is 12.3 Å². The lowest BCUT2D eigenvalue weighted by Gasteiger charge is -2.19. The summed E-state index contributed by atoms with van der Waals surface area (Å²) in [6.07, 6.45) is 0. The summed E-state index contributed by atoms with van der Waals surface area (Å²) in [5, 5.41) is 0. The van der Waals surface area contributed by atoms with Gasteiger partial charge < -0.3 is 5.73 Å². The van der Waals surface area contributed by atoms with Crippen molar-refractivity contribution in [2.24, 2.45) is 5.73 Å². The Bertz CT molecular complexity index is 289. The molecule has 2 N–H and O–H groups in total. The van der Waals surface area contributed by atoms with E-state index in [1.54, 1.807) is 0 Å². The van der Waals surface area contributed by atoms with Crippen LogP contribution in [-0.2, 0) is 5.41 Å². The Morgan fingerprint density at radius 1 is 1.29 bits per heavy atom. The maximum atomic E-state index is 5.48. The Labute approximate surface area is 91.1 Å². The van der Waals surface area contributed by atoms with Crippen molar-refractivity contribution in [3.05, 3.63) is 29.8 Å². The molecule has 1 nitrogen and oxygen atoms in total. The van der Waals surface area contributed by atoms with Gasteiger partial charge in [-0.1, -0.05) is 32.9 Å². The minimum Gasteiger partial charge on any atom is -0.330 e. The zero-order valence-corrected chi connectivity index (χ0v) is 10.0. The minimum absolute atomic E-state index is 0.235. The van der Waals surface area contributed by atoms with Gasteiger partial charge >= 0.3 is 0 Å². The maximum absolute atomic E-state index is 5.48. The molecular formula is C12H19NS. The second kappa shape index (κ2) is 4.85. The van der Waals surface area contributed by atoms with Crippen LogP contribution in [0.4, 0.5) is 0 Å². The number of hydrogen-bond donors (Lipinski definition) is 1. The first kappa shape index (κ1) is 11.6. The molecule has 78 valence electrons. The van der Waals surface area contributed by atoms with E-state index in [1.807, 2.05) is 11.8 Å². The van der Waals surface area contributed by atoms with Crippen LogP contribution in [0.25, 0.3) is 0 Å². The third kappa shape index (κ3) is 3.35. The van der Waals surface area contributed by atoms with Crippen molar-refractivity contribution < 1.29 is 0 Å². The molecule has 0 saturated heterocycles. The van der Waals surface area contributed by atoms with E-state index in [4.69, 9.17) is 5.73 Å². The molecule has 0 fully saturated rings. The molecule has 1 aromatic rings. The van der Waals surface area contributed by atoms with E-state index in [0.717, 1.165) is 12.3 Å². The molecule has 0 bridgehead atoms. The van der Waals surface area contributed by atoms with Crippen LogP contribution in [0.3, 0.4) is 0 Å². The van der Waals surface area contributed by atoms with Crippen molar-refractivity contribution in [3.8, 4) is 0 Å². The van der Waals surface area contributed by atoms with Crippen LogP contribution in [0, 0.1) is 0 Å². The van der Waals surface area contributed by atoms with Gasteiger partial charge in [0, 0.05) is 17.2 Å². The molecule has 0 aliphatic carbocycles. The average molecular weight is 209 g/mol. The van der Waals surface area contributed by atoms with E-state index < -0.39 is 0 Å². The highest BCUT2D eigenvalue weighted by Gasteiger charge is 2.13. The first-order valence-electron chi connectivity index (χ1n) is 4.97. The summed E-state index contributed by atoms with van der Waals surface area (Å²) in [5.74, 6) is 0.994. The van der Waals surface area contributed by atoms with Crippen LogP contribution < -0.4 is 5.73 Å². The molecule has 1 aromatic carbocycles. The van der Waals surface area contributed by atoms with Crippen LogP contribution >= 0.6 is 11.8 Å². The Morgan fingerprint density at radius 3 is 2.57 bits per heavy atom. The third-order valence-corrected chi connectivity index (χ3v) is 3.11. The number of rotatable bonds is 3. The van der Waals surface area contributed by atoms with E-state index in [0.29, 0.717) is 0 Å².